The van der Waals surface area contributed by atoms with Crippen LogP contribution in [0.1, 0.15) is 31.9 Å². The van der Waals surface area contributed by atoms with Crippen LogP contribution in [-0.4, -0.2) is 31.7 Å². The van der Waals surface area contributed by atoms with Gasteiger partial charge in [-0.15, -0.1) is 0 Å². The Bertz CT molecular complexity index is 509. The van der Waals surface area contributed by atoms with E-state index < -0.39 is 11.7 Å². The summed E-state index contributed by atoms with van der Waals surface area (Å²) in [6.45, 7) is 9.32. The lowest BCUT2D eigenvalue weighted by atomic mass is 10.2. The van der Waals surface area contributed by atoms with Crippen molar-refractivity contribution < 1.29 is 9.53 Å². The van der Waals surface area contributed by atoms with Gasteiger partial charge in [0.1, 0.15) is 5.60 Å². The van der Waals surface area contributed by atoms with Gasteiger partial charge in [0.05, 0.1) is 12.4 Å². The van der Waals surface area contributed by atoms with Crippen molar-refractivity contribution in [2.45, 2.75) is 40.2 Å². The topological polar surface area (TPSA) is 72.8 Å². The summed E-state index contributed by atoms with van der Waals surface area (Å²) in [4.78, 5) is 11.4. The van der Waals surface area contributed by atoms with Gasteiger partial charge in [-0.25, -0.2) is 4.79 Å². The second-order valence-corrected chi connectivity index (χ2v) is 5.22. The Hall–Kier alpha value is -2.11. The first-order chi connectivity index (χ1) is 8.78. The molecule has 0 atom stereocenters. The third-order valence-corrected chi connectivity index (χ3v) is 1.93. The molecular formula is C13H20N4O2. The molecule has 1 N–H and O–H groups in total. The first-order valence-corrected chi connectivity index (χ1v) is 5.98. The number of aromatic amines is 1. The molecule has 2 aromatic heterocycles. The molecule has 6 nitrogen and oxygen atoms in total. The van der Waals surface area contributed by atoms with E-state index in [0.29, 0.717) is 0 Å². The van der Waals surface area contributed by atoms with Crippen molar-refractivity contribution in [2.75, 3.05) is 0 Å². The lowest BCUT2D eigenvalue weighted by Crippen LogP contribution is -2.27. The van der Waals surface area contributed by atoms with E-state index in [1.54, 1.807) is 18.6 Å². The van der Waals surface area contributed by atoms with Gasteiger partial charge in [-0.1, -0.05) is 0 Å². The lowest BCUT2D eigenvalue weighted by molar-refractivity contribution is 0.0514. The normalized spacial score (nSPS) is 10.6. The van der Waals surface area contributed by atoms with Crippen LogP contribution >= 0.6 is 0 Å². The summed E-state index contributed by atoms with van der Waals surface area (Å²) in [5, 5.41) is 10.2. The number of rotatable bonds is 0. The molecule has 0 aliphatic rings. The third-order valence-electron chi connectivity index (χ3n) is 1.93. The van der Waals surface area contributed by atoms with Crippen LogP contribution in [-0.2, 0) is 4.74 Å². The van der Waals surface area contributed by atoms with Gasteiger partial charge in [0, 0.05) is 12.4 Å². The minimum Gasteiger partial charge on any atom is -0.442 e. The van der Waals surface area contributed by atoms with Crippen molar-refractivity contribution in [3.8, 4) is 0 Å². The monoisotopic (exact) mass is 264 g/mol. The zero-order chi connectivity index (χ0) is 14.5. The number of carbonyl (C=O) groups is 1. The molecular weight excluding hydrogens is 244 g/mol. The number of ether oxygens (including phenoxy) is 1. The van der Waals surface area contributed by atoms with Gasteiger partial charge in [-0.05, 0) is 45.7 Å². The molecule has 0 saturated carbocycles. The fourth-order valence-electron chi connectivity index (χ4n) is 1.14. The first kappa shape index (κ1) is 14.9. The Balaban J connectivity index is 0.000000250. The van der Waals surface area contributed by atoms with E-state index in [-0.39, 0.29) is 0 Å². The minimum absolute atomic E-state index is 0.444. The van der Waals surface area contributed by atoms with Crippen LogP contribution in [0.4, 0.5) is 4.79 Å². The summed E-state index contributed by atoms with van der Waals surface area (Å²) in [5.41, 5.74) is 1.64. The summed E-state index contributed by atoms with van der Waals surface area (Å²) in [7, 11) is 0. The largest absolute Gasteiger partial charge is 0.442 e. The van der Waals surface area contributed by atoms with Crippen LogP contribution in [0.3, 0.4) is 0 Å². The van der Waals surface area contributed by atoms with Gasteiger partial charge in [0.15, 0.2) is 0 Å². The van der Waals surface area contributed by atoms with Gasteiger partial charge in [0.2, 0.25) is 0 Å². The first-order valence-electron chi connectivity index (χ1n) is 5.98. The number of H-pyrrole nitrogens is 1. The molecule has 0 saturated heterocycles. The molecule has 0 bridgehead atoms. The average molecular weight is 264 g/mol. The van der Waals surface area contributed by atoms with E-state index in [4.69, 9.17) is 4.74 Å². The van der Waals surface area contributed by atoms with Gasteiger partial charge < -0.3 is 4.74 Å². The molecule has 0 fully saturated rings. The number of nitrogens with one attached hydrogen (secondary N) is 1. The van der Waals surface area contributed by atoms with Gasteiger partial charge in [-0.3, -0.25) is 5.10 Å². The Morgan fingerprint density at radius 1 is 1.26 bits per heavy atom. The number of hydrogen-bond donors (Lipinski definition) is 1. The van der Waals surface area contributed by atoms with Crippen LogP contribution in [0.15, 0.2) is 24.8 Å². The molecule has 0 spiro atoms. The summed E-state index contributed by atoms with van der Waals surface area (Å²) < 4.78 is 6.29. The quantitative estimate of drug-likeness (QED) is 0.794. The van der Waals surface area contributed by atoms with E-state index in [1.165, 1.54) is 10.2 Å². The molecule has 0 aromatic carbocycles. The fourth-order valence-corrected chi connectivity index (χ4v) is 1.14. The Morgan fingerprint density at radius 3 is 2.26 bits per heavy atom. The van der Waals surface area contributed by atoms with E-state index in [0.717, 1.165) is 5.56 Å². The van der Waals surface area contributed by atoms with Gasteiger partial charge in [-0.2, -0.15) is 14.9 Å². The van der Waals surface area contributed by atoms with E-state index in [1.807, 2.05) is 40.8 Å². The van der Waals surface area contributed by atoms with E-state index >= 15 is 0 Å². The Morgan fingerprint density at radius 2 is 1.95 bits per heavy atom. The molecule has 0 aliphatic heterocycles. The standard InChI is InChI=1S/C9H14N2O2.C4H6N2/c1-7-5-10-11(6-7)8(12)13-9(2,3)4;1-4-2-5-6-3-4/h5-6H,1-4H3;2-3H,1H3,(H,5,6). The zero-order valence-electron chi connectivity index (χ0n) is 12.0. The highest BCUT2D eigenvalue weighted by atomic mass is 16.6. The molecule has 6 heteroatoms. The maximum absolute atomic E-state index is 11.4. The lowest BCUT2D eigenvalue weighted by Gasteiger charge is -2.18. The van der Waals surface area contributed by atoms with Crippen LogP contribution in [0, 0.1) is 13.8 Å². The van der Waals surface area contributed by atoms with Crippen molar-refractivity contribution in [3.63, 3.8) is 0 Å². The molecule has 2 rings (SSSR count). The predicted octanol–water partition coefficient (Wildman–Crippen LogP) is 2.69. The second kappa shape index (κ2) is 6.17. The fraction of sp³-hybridized carbons (Fsp3) is 0.462. The highest BCUT2D eigenvalue weighted by Crippen LogP contribution is 2.08. The van der Waals surface area contributed by atoms with Gasteiger partial charge in [0.25, 0.3) is 0 Å². The maximum Gasteiger partial charge on any atom is 0.435 e. The summed E-state index contributed by atoms with van der Waals surface area (Å²) in [5.74, 6) is 0. The summed E-state index contributed by atoms with van der Waals surface area (Å²) >= 11 is 0. The Kier molecular flexibility index (Phi) is 4.86. The van der Waals surface area contributed by atoms with Crippen LogP contribution in [0.25, 0.3) is 0 Å². The molecule has 2 heterocycles. The third kappa shape index (κ3) is 5.85. The number of carbonyl (C=O) groups excluding carboxylic acids is 1. The second-order valence-electron chi connectivity index (χ2n) is 5.22. The SMILES string of the molecule is Cc1cn[nH]c1.Cc1cnn(C(=O)OC(C)(C)C)c1. The molecule has 0 amide bonds. The van der Waals surface area contributed by atoms with Crippen LogP contribution in [0.2, 0.25) is 0 Å². The van der Waals surface area contributed by atoms with E-state index in [2.05, 4.69) is 15.3 Å². The number of aromatic nitrogens is 4. The smallest absolute Gasteiger partial charge is 0.435 e. The van der Waals surface area contributed by atoms with Crippen molar-refractivity contribution in [2.24, 2.45) is 0 Å². The number of nitrogens with zero attached hydrogens (tertiary/aromatic N) is 3. The van der Waals surface area contributed by atoms with Crippen molar-refractivity contribution >= 4 is 6.09 Å². The van der Waals surface area contributed by atoms with Crippen LogP contribution < -0.4 is 0 Å². The average Bonchev–Trinajstić information content (AvgIpc) is 2.88. The minimum atomic E-state index is -0.475. The van der Waals surface area contributed by atoms with Crippen molar-refractivity contribution in [1.29, 1.82) is 0 Å². The highest BCUT2D eigenvalue weighted by Gasteiger charge is 2.17. The maximum atomic E-state index is 11.4. The molecule has 0 radical (unpaired) electrons. The summed E-state index contributed by atoms with van der Waals surface area (Å²) in [6, 6.07) is 0. The molecule has 0 aliphatic carbocycles. The van der Waals surface area contributed by atoms with Gasteiger partial charge >= 0.3 is 6.09 Å². The number of aryl methyl sites for hydroxylation is 2. The molecule has 0 unspecified atom stereocenters. The van der Waals surface area contributed by atoms with Crippen molar-refractivity contribution in [3.05, 3.63) is 35.9 Å². The summed E-state index contributed by atoms with van der Waals surface area (Å²) in [6.07, 6.45) is 6.43. The molecule has 19 heavy (non-hydrogen) atoms. The van der Waals surface area contributed by atoms with Crippen LogP contribution in [0.5, 0.6) is 0 Å². The predicted molar refractivity (Wildman–Crippen MR) is 71.9 cm³/mol. The van der Waals surface area contributed by atoms with E-state index in [9.17, 15) is 4.79 Å². The Labute approximate surface area is 112 Å². The zero-order valence-corrected chi connectivity index (χ0v) is 12.0. The number of hydrogen-bond acceptors (Lipinski definition) is 4. The highest BCUT2D eigenvalue weighted by molar-refractivity contribution is 5.69. The molecule has 104 valence electrons. The molecule has 2 aromatic rings. The van der Waals surface area contributed by atoms with Crippen molar-refractivity contribution in [1.82, 2.24) is 20.0 Å².